The Balaban J connectivity index is 1.82. The molecule has 0 aliphatic carbocycles. The van der Waals surface area contributed by atoms with Gasteiger partial charge in [-0.15, -0.1) is 0 Å². The number of sulfonamides is 1. The molecule has 31 heavy (non-hydrogen) atoms. The van der Waals surface area contributed by atoms with Crippen molar-refractivity contribution in [3.63, 3.8) is 0 Å². The van der Waals surface area contributed by atoms with Gasteiger partial charge in [0.25, 0.3) is 10.0 Å². The van der Waals surface area contributed by atoms with Gasteiger partial charge in [0.05, 0.1) is 10.9 Å². The van der Waals surface area contributed by atoms with Gasteiger partial charge in [-0.1, -0.05) is 97.4 Å². The van der Waals surface area contributed by atoms with Crippen LogP contribution in [-0.4, -0.2) is 24.7 Å². The molecule has 0 spiro atoms. The average molecular weight is 432 g/mol. The van der Waals surface area contributed by atoms with Crippen LogP contribution in [0.4, 0.5) is 0 Å². The van der Waals surface area contributed by atoms with Crippen LogP contribution in [-0.2, 0) is 20.2 Å². The fraction of sp³-hybridized carbons (Fsp3) is 0.192. The van der Waals surface area contributed by atoms with E-state index in [1.165, 1.54) is 0 Å². The summed E-state index contributed by atoms with van der Waals surface area (Å²) >= 11 is 0. The van der Waals surface area contributed by atoms with Crippen LogP contribution in [0.1, 0.15) is 30.0 Å². The number of aryl methyl sites for hydroxylation is 1. The van der Waals surface area contributed by atoms with Gasteiger partial charge in [-0.25, -0.2) is 12.7 Å². The first-order chi connectivity index (χ1) is 14.9. The number of rotatable bonds is 6. The van der Waals surface area contributed by atoms with Gasteiger partial charge < -0.3 is 0 Å². The Morgan fingerprint density at radius 3 is 2.06 bits per heavy atom. The first-order valence-corrected chi connectivity index (χ1v) is 11.8. The first-order valence-electron chi connectivity index (χ1n) is 10.4. The quantitative estimate of drug-likeness (QED) is 0.519. The second kappa shape index (κ2) is 8.16. The van der Waals surface area contributed by atoms with Crippen LogP contribution in [0.3, 0.4) is 0 Å². The summed E-state index contributed by atoms with van der Waals surface area (Å²) in [6, 6.07) is 25.2. The molecule has 0 N–H and O–H groups in total. The molecule has 4 rings (SSSR count). The molecule has 1 heterocycles. The Bertz CT molecular complexity index is 1200. The van der Waals surface area contributed by atoms with E-state index in [2.05, 4.69) is 0 Å². The van der Waals surface area contributed by atoms with E-state index in [9.17, 15) is 13.2 Å². The summed E-state index contributed by atoms with van der Waals surface area (Å²) in [5.74, 6) is -0.385. The van der Waals surface area contributed by atoms with Crippen LogP contribution in [0.15, 0.2) is 95.9 Å². The topological polar surface area (TPSA) is 54.5 Å². The number of carbonyl (C=O) groups is 1. The smallest absolute Gasteiger partial charge is 0.267 e. The van der Waals surface area contributed by atoms with Crippen LogP contribution in [0.5, 0.6) is 0 Å². The fourth-order valence-corrected chi connectivity index (χ4v) is 5.91. The van der Waals surface area contributed by atoms with Crippen molar-refractivity contribution >= 4 is 22.0 Å². The van der Waals surface area contributed by atoms with E-state index in [4.69, 9.17) is 0 Å². The highest BCUT2D eigenvalue weighted by molar-refractivity contribution is 7.89. The normalized spacial score (nSPS) is 21.3. The third kappa shape index (κ3) is 3.49. The molecular weight excluding hydrogens is 406 g/mol. The third-order valence-corrected chi connectivity index (χ3v) is 7.81. The maximum atomic E-state index is 13.5. The van der Waals surface area contributed by atoms with E-state index in [-0.39, 0.29) is 10.8 Å². The van der Waals surface area contributed by atoms with Crippen molar-refractivity contribution in [2.45, 2.75) is 36.6 Å². The zero-order valence-corrected chi connectivity index (χ0v) is 18.4. The molecule has 5 heteroatoms. The van der Waals surface area contributed by atoms with Gasteiger partial charge in [0.2, 0.25) is 5.91 Å². The van der Waals surface area contributed by atoms with Crippen molar-refractivity contribution in [2.24, 2.45) is 0 Å². The molecule has 0 bridgehead atoms. The Labute approximate surface area is 183 Å². The molecule has 3 aromatic carbocycles. The molecule has 0 unspecified atom stereocenters. The number of nitrogens with zero attached hydrogens (tertiary/aromatic N) is 1. The molecule has 1 aliphatic rings. The molecule has 1 amide bonds. The molecule has 0 saturated carbocycles. The maximum absolute atomic E-state index is 13.5. The third-order valence-electron chi connectivity index (χ3n) is 6.03. The summed E-state index contributed by atoms with van der Waals surface area (Å²) in [4.78, 5) is 13.7. The van der Waals surface area contributed by atoms with Gasteiger partial charge in [0.1, 0.15) is 5.41 Å². The highest BCUT2D eigenvalue weighted by Gasteiger charge is 2.63. The van der Waals surface area contributed by atoms with Crippen molar-refractivity contribution in [3.05, 3.63) is 108 Å². The highest BCUT2D eigenvalue weighted by Crippen LogP contribution is 2.48. The summed E-state index contributed by atoms with van der Waals surface area (Å²) in [5, 5.41) is 0. The predicted octanol–water partition coefficient (Wildman–Crippen LogP) is 4.96. The first kappa shape index (κ1) is 21.1. The van der Waals surface area contributed by atoms with Crippen molar-refractivity contribution in [3.8, 4) is 0 Å². The lowest BCUT2D eigenvalue weighted by Gasteiger charge is -2.54. The molecule has 158 valence electrons. The number of β-lactam (4-membered cyclic amide) rings is 1. The summed E-state index contributed by atoms with van der Waals surface area (Å²) in [6.07, 6.45) is 4.24. The van der Waals surface area contributed by atoms with Gasteiger partial charge in [0, 0.05) is 0 Å². The number of carbonyl (C=O) groups excluding carboxylic acids is 1. The minimum Gasteiger partial charge on any atom is -0.273 e. The van der Waals surface area contributed by atoms with E-state index in [0.717, 1.165) is 21.0 Å². The predicted molar refractivity (Wildman–Crippen MR) is 123 cm³/mol. The zero-order valence-electron chi connectivity index (χ0n) is 17.6. The fourth-order valence-electron chi connectivity index (χ4n) is 4.27. The van der Waals surface area contributed by atoms with Crippen LogP contribution in [0.2, 0.25) is 0 Å². The van der Waals surface area contributed by atoms with Gasteiger partial charge in [-0.3, -0.25) is 4.79 Å². The minimum absolute atomic E-state index is 0.127. The van der Waals surface area contributed by atoms with Crippen molar-refractivity contribution in [2.75, 3.05) is 0 Å². The van der Waals surface area contributed by atoms with Crippen LogP contribution < -0.4 is 0 Å². The maximum Gasteiger partial charge on any atom is 0.267 e. The summed E-state index contributed by atoms with van der Waals surface area (Å²) in [5.41, 5.74) is 1.83. The largest absolute Gasteiger partial charge is 0.273 e. The van der Waals surface area contributed by atoms with Crippen molar-refractivity contribution in [1.29, 1.82) is 0 Å². The molecule has 0 aromatic heterocycles. The molecule has 0 radical (unpaired) electrons. The highest BCUT2D eigenvalue weighted by atomic mass is 32.2. The van der Waals surface area contributed by atoms with E-state index in [0.29, 0.717) is 6.42 Å². The lowest BCUT2D eigenvalue weighted by molar-refractivity contribution is -0.148. The van der Waals surface area contributed by atoms with Crippen LogP contribution in [0.25, 0.3) is 6.08 Å². The van der Waals surface area contributed by atoms with Crippen LogP contribution in [0, 0.1) is 6.92 Å². The molecular formula is C26H25NO3S. The Morgan fingerprint density at radius 1 is 0.903 bits per heavy atom. The molecule has 3 aromatic rings. The van der Waals surface area contributed by atoms with E-state index < -0.39 is 21.5 Å². The van der Waals surface area contributed by atoms with Crippen molar-refractivity contribution in [1.82, 2.24) is 4.31 Å². The Kier molecular flexibility index (Phi) is 5.54. The summed E-state index contributed by atoms with van der Waals surface area (Å²) in [6.45, 7) is 3.83. The van der Waals surface area contributed by atoms with E-state index >= 15 is 0 Å². The van der Waals surface area contributed by atoms with Gasteiger partial charge in [-0.2, -0.15) is 0 Å². The number of hydrogen-bond acceptors (Lipinski definition) is 3. The van der Waals surface area contributed by atoms with Gasteiger partial charge in [0.15, 0.2) is 0 Å². The summed E-state index contributed by atoms with van der Waals surface area (Å²) < 4.78 is 28.0. The number of hydrogen-bond donors (Lipinski definition) is 0. The molecule has 4 nitrogen and oxygen atoms in total. The van der Waals surface area contributed by atoms with E-state index in [1.807, 2.05) is 86.7 Å². The lowest BCUT2D eigenvalue weighted by Crippen LogP contribution is -2.71. The van der Waals surface area contributed by atoms with Gasteiger partial charge >= 0.3 is 0 Å². The van der Waals surface area contributed by atoms with Crippen molar-refractivity contribution < 1.29 is 13.2 Å². The minimum atomic E-state index is -3.98. The zero-order chi connectivity index (χ0) is 22.1. The Hall–Kier alpha value is -3.18. The average Bonchev–Trinajstić information content (AvgIpc) is 2.78. The molecule has 1 saturated heterocycles. The monoisotopic (exact) mass is 431 g/mol. The molecule has 1 fully saturated rings. The second-order valence-electron chi connectivity index (χ2n) is 7.82. The Morgan fingerprint density at radius 2 is 1.48 bits per heavy atom. The SMILES string of the molecule is CC[C@@]1(c2ccccc2)C(=O)N(S(=O)(=O)c2ccc(C)cc2)[C@@H]1/C=C/c1ccccc1. The van der Waals surface area contributed by atoms with E-state index in [1.54, 1.807) is 24.3 Å². The lowest BCUT2D eigenvalue weighted by atomic mass is 9.65. The molecule has 1 aliphatic heterocycles. The molecule has 2 atom stereocenters. The van der Waals surface area contributed by atoms with Crippen LogP contribution >= 0.6 is 0 Å². The number of amides is 1. The summed E-state index contributed by atoms with van der Waals surface area (Å²) in [7, 11) is -3.98. The number of benzene rings is 3. The van der Waals surface area contributed by atoms with Gasteiger partial charge in [-0.05, 0) is 36.6 Å². The standard InChI is InChI=1S/C26H25NO3S/c1-3-26(22-12-8-5-9-13-22)24(19-16-21-10-6-4-7-11-21)27(25(26)28)31(29,30)23-17-14-20(2)15-18-23/h4-19,24H,3H2,1-2H3/b19-16+/t24-,26+/m1/s1. The second-order valence-corrected chi connectivity index (χ2v) is 9.64.